The van der Waals surface area contributed by atoms with Crippen LogP contribution in [0.25, 0.3) is 0 Å². The first-order valence-corrected chi connectivity index (χ1v) is 12.6. The Labute approximate surface area is 212 Å². The van der Waals surface area contributed by atoms with Crippen molar-refractivity contribution in [1.82, 2.24) is 30.2 Å². The number of aromatic nitrogens is 4. The summed E-state index contributed by atoms with van der Waals surface area (Å²) in [5, 5.41) is 6.74. The minimum absolute atomic E-state index is 0.294. The van der Waals surface area contributed by atoms with Gasteiger partial charge in [-0.2, -0.15) is 15.0 Å². The summed E-state index contributed by atoms with van der Waals surface area (Å²) in [5.41, 5.74) is 2.00. The van der Waals surface area contributed by atoms with Crippen molar-refractivity contribution in [3.05, 3.63) is 52.1 Å². The van der Waals surface area contributed by atoms with Gasteiger partial charge in [-0.25, -0.2) is 4.98 Å². The number of pyridine rings is 1. The highest BCUT2D eigenvalue weighted by Gasteiger charge is 2.21. The lowest BCUT2D eigenvalue weighted by molar-refractivity contribution is 0.0966. The van der Waals surface area contributed by atoms with Gasteiger partial charge < -0.3 is 20.4 Å². The molecule has 2 aromatic heterocycles. The molecule has 0 aromatic carbocycles. The second-order valence-electron chi connectivity index (χ2n) is 8.20. The number of carbonyl (C=O) groups is 1. The van der Waals surface area contributed by atoms with Crippen molar-refractivity contribution in [2.45, 2.75) is 47.0 Å². The van der Waals surface area contributed by atoms with Gasteiger partial charge >= 0.3 is 0 Å². The van der Waals surface area contributed by atoms with Gasteiger partial charge in [0.1, 0.15) is 11.6 Å². The van der Waals surface area contributed by atoms with Crippen LogP contribution in [0.5, 0.6) is 0 Å². The summed E-state index contributed by atoms with van der Waals surface area (Å²) in [6, 6.07) is 3.44. The fraction of sp³-hybridized carbons (Fsp3) is 0.480. The van der Waals surface area contributed by atoms with Crippen LogP contribution in [0.4, 0.5) is 17.7 Å². The smallest absolute Gasteiger partial charge is 0.259 e. The Balaban J connectivity index is 0.00000167. The predicted molar refractivity (Wildman–Crippen MR) is 141 cm³/mol. The van der Waals surface area contributed by atoms with Crippen LogP contribution in [0.3, 0.4) is 0 Å². The van der Waals surface area contributed by atoms with E-state index in [2.05, 4.69) is 53.5 Å². The molecule has 2 aliphatic rings. The van der Waals surface area contributed by atoms with E-state index in [-0.39, 0.29) is 5.91 Å². The molecule has 0 spiro atoms. The molecule has 35 heavy (non-hydrogen) atoms. The fourth-order valence-electron chi connectivity index (χ4n) is 3.77. The first kappa shape index (κ1) is 26.6. The van der Waals surface area contributed by atoms with Crippen LogP contribution < -0.4 is 15.5 Å². The van der Waals surface area contributed by atoms with Crippen LogP contribution in [0, 0.1) is 0 Å². The van der Waals surface area contributed by atoms with Crippen molar-refractivity contribution in [2.75, 3.05) is 43.4 Å². The van der Waals surface area contributed by atoms with Crippen molar-refractivity contribution in [1.29, 1.82) is 0 Å². The molecule has 3 heterocycles. The average molecular weight is 499 g/mol. The number of hydrogen-bond acceptors (Lipinski definition) is 8. The third kappa shape index (κ3) is 6.76. The quantitative estimate of drug-likeness (QED) is 0.609. The summed E-state index contributed by atoms with van der Waals surface area (Å²) < 4.78 is 0. The van der Waals surface area contributed by atoms with Crippen LogP contribution in [-0.4, -0.2) is 64.0 Å². The fourth-order valence-corrected chi connectivity index (χ4v) is 4.07. The second kappa shape index (κ2) is 12.6. The number of hydrogen-bond donors (Lipinski definition) is 2. The monoisotopic (exact) mass is 498 g/mol. The number of rotatable bonds is 6. The Morgan fingerprint density at radius 2 is 1.89 bits per heavy atom. The number of anilines is 3. The molecule has 1 amide bonds. The lowest BCUT2D eigenvalue weighted by Crippen LogP contribution is -2.45. The summed E-state index contributed by atoms with van der Waals surface area (Å²) in [4.78, 5) is 35.7. The predicted octanol–water partition coefficient (Wildman–Crippen LogP) is 4.27. The number of halogens is 1. The molecular formula is C25H35ClN8O. The molecule has 2 N–H and O–H groups in total. The maximum Gasteiger partial charge on any atom is 0.259 e. The summed E-state index contributed by atoms with van der Waals surface area (Å²) in [5.74, 6) is 1.77. The van der Waals surface area contributed by atoms with Crippen LogP contribution in [-0.2, 0) is 6.42 Å². The summed E-state index contributed by atoms with van der Waals surface area (Å²) in [6.07, 6.45) is 5.96. The molecule has 0 radical (unpaired) electrons. The Morgan fingerprint density at radius 3 is 2.57 bits per heavy atom. The number of aryl methyl sites for hydroxylation is 1. The van der Waals surface area contributed by atoms with Gasteiger partial charge in [0.2, 0.25) is 11.9 Å². The zero-order valence-corrected chi connectivity index (χ0v) is 22.0. The summed E-state index contributed by atoms with van der Waals surface area (Å²) in [6.45, 7) is 11.5. The Kier molecular flexibility index (Phi) is 9.56. The van der Waals surface area contributed by atoms with Crippen molar-refractivity contribution in [3.8, 4) is 0 Å². The first-order valence-electron chi connectivity index (χ1n) is 12.2. The van der Waals surface area contributed by atoms with E-state index in [0.29, 0.717) is 52.7 Å². The van der Waals surface area contributed by atoms with Crippen molar-refractivity contribution < 1.29 is 4.79 Å². The number of piperazine rings is 1. The van der Waals surface area contributed by atoms with E-state index in [1.54, 1.807) is 18.3 Å². The molecule has 1 aliphatic carbocycles. The number of amides is 1. The van der Waals surface area contributed by atoms with Gasteiger partial charge in [-0.15, -0.1) is 0 Å². The van der Waals surface area contributed by atoms with Crippen molar-refractivity contribution >= 4 is 35.2 Å². The van der Waals surface area contributed by atoms with Crippen LogP contribution in [0.2, 0.25) is 0 Å². The lowest BCUT2D eigenvalue weighted by atomic mass is 10.0. The molecule has 1 fully saturated rings. The Morgan fingerprint density at radius 1 is 1.14 bits per heavy atom. The van der Waals surface area contributed by atoms with E-state index < -0.39 is 0 Å². The van der Waals surface area contributed by atoms with E-state index in [4.69, 9.17) is 11.6 Å². The topological polar surface area (TPSA) is 99.2 Å². The van der Waals surface area contributed by atoms with E-state index in [1.807, 2.05) is 27.7 Å². The average Bonchev–Trinajstić information content (AvgIpc) is 2.88. The third-order valence-corrected chi connectivity index (χ3v) is 6.15. The minimum atomic E-state index is -0.294. The number of allylic oxidation sites excluding steroid dienone is 3. The van der Waals surface area contributed by atoms with E-state index in [9.17, 15) is 4.79 Å². The van der Waals surface area contributed by atoms with Gasteiger partial charge in [-0.1, -0.05) is 38.4 Å². The molecule has 0 unspecified atom stereocenters. The van der Waals surface area contributed by atoms with E-state index in [1.165, 1.54) is 0 Å². The number of carbonyl (C=O) groups excluding carboxylic acids is 1. The van der Waals surface area contributed by atoms with Crippen LogP contribution in [0.15, 0.2) is 40.7 Å². The maximum absolute atomic E-state index is 13.1. The number of nitrogens with zero attached hydrogens (tertiary/aromatic N) is 6. The molecule has 0 saturated carbocycles. The molecule has 0 bridgehead atoms. The highest BCUT2D eigenvalue weighted by molar-refractivity contribution is 6.30. The Hall–Kier alpha value is -3.04. The summed E-state index contributed by atoms with van der Waals surface area (Å²) in [7, 11) is 2.11. The normalized spacial score (nSPS) is 16.3. The zero-order valence-electron chi connectivity index (χ0n) is 21.2. The van der Waals surface area contributed by atoms with Crippen LogP contribution in [0.1, 0.15) is 56.7 Å². The molecule has 4 rings (SSSR count). The van der Waals surface area contributed by atoms with Crippen molar-refractivity contribution in [2.24, 2.45) is 0 Å². The van der Waals surface area contributed by atoms with Gasteiger partial charge in [0.05, 0.1) is 11.3 Å². The van der Waals surface area contributed by atoms with Crippen LogP contribution >= 0.6 is 11.6 Å². The van der Waals surface area contributed by atoms with Gasteiger partial charge in [-0.3, -0.25) is 4.79 Å². The molecule has 1 saturated heterocycles. The minimum Gasteiger partial charge on any atom is -0.338 e. The van der Waals surface area contributed by atoms with E-state index >= 15 is 0 Å². The third-order valence-electron chi connectivity index (χ3n) is 5.77. The largest absolute Gasteiger partial charge is 0.338 e. The molecule has 10 heteroatoms. The van der Waals surface area contributed by atoms with Crippen molar-refractivity contribution in [3.63, 3.8) is 0 Å². The Bertz CT molecular complexity index is 1090. The zero-order chi connectivity index (χ0) is 25.4. The maximum atomic E-state index is 13.1. The molecule has 9 nitrogen and oxygen atoms in total. The molecule has 0 atom stereocenters. The van der Waals surface area contributed by atoms with Gasteiger partial charge in [0.25, 0.3) is 5.91 Å². The molecular weight excluding hydrogens is 464 g/mol. The first-order chi connectivity index (χ1) is 16.9. The SMILES string of the molecule is CC.CCc1nc(Nc2ncccc2C(=O)NC2=C(Cl)CCC=C2C)nc(N2CCN(C)CC2)n1. The lowest BCUT2D eigenvalue weighted by Gasteiger charge is -2.32. The molecule has 188 valence electrons. The second-order valence-corrected chi connectivity index (χ2v) is 8.66. The molecule has 2 aromatic rings. The highest BCUT2D eigenvalue weighted by atomic mass is 35.5. The summed E-state index contributed by atoms with van der Waals surface area (Å²) >= 11 is 6.37. The standard InChI is InChI=1S/C23H29ClN8O.C2H6/c1-4-18-26-22(30-23(27-18)32-13-11-31(3)12-14-32)29-20-16(8-6-10-25-20)21(33)28-19-15(2)7-5-9-17(19)24;1-2/h6-8,10H,4-5,9,11-14H2,1-3H3,(H,28,33)(H,25,26,27,29,30);1-2H3. The van der Waals surface area contributed by atoms with Gasteiger partial charge in [0.15, 0.2) is 0 Å². The van der Waals surface area contributed by atoms with Gasteiger partial charge in [-0.05, 0) is 44.5 Å². The number of likely N-dealkylation sites (N-methyl/N-ethyl adjacent to an activating group) is 1. The van der Waals surface area contributed by atoms with E-state index in [0.717, 1.165) is 38.2 Å². The van der Waals surface area contributed by atoms with Gasteiger partial charge in [0, 0.05) is 43.8 Å². The highest BCUT2D eigenvalue weighted by Crippen LogP contribution is 2.27. The molecule has 1 aliphatic heterocycles. The number of nitrogens with one attached hydrogen (secondary N) is 2.